The Balaban J connectivity index is 1.61. The van der Waals surface area contributed by atoms with Crippen molar-refractivity contribution in [1.82, 2.24) is 9.69 Å². The van der Waals surface area contributed by atoms with Gasteiger partial charge >= 0.3 is 0 Å². The van der Waals surface area contributed by atoms with Gasteiger partial charge in [-0.3, -0.25) is 14.5 Å². The van der Waals surface area contributed by atoms with Crippen LogP contribution in [0.1, 0.15) is 47.0 Å². The van der Waals surface area contributed by atoms with Crippen LogP contribution in [-0.4, -0.2) is 29.3 Å². The monoisotopic (exact) mass is 562 g/mol. The zero-order valence-electron chi connectivity index (χ0n) is 21.8. The maximum atomic E-state index is 14.3. The Bertz CT molecular complexity index is 1490. The van der Waals surface area contributed by atoms with E-state index in [0.29, 0.717) is 28.3 Å². The average molecular weight is 563 g/mol. The van der Waals surface area contributed by atoms with Crippen LogP contribution in [0.25, 0.3) is 11.3 Å². The lowest BCUT2D eigenvalue weighted by Crippen LogP contribution is -2.46. The number of ether oxygens (including phenoxy) is 1. The fourth-order valence-corrected chi connectivity index (χ4v) is 5.67. The van der Waals surface area contributed by atoms with Crippen molar-refractivity contribution in [3.8, 4) is 17.0 Å². The molecule has 1 aliphatic rings. The molecule has 3 aromatic carbocycles. The van der Waals surface area contributed by atoms with Gasteiger partial charge in [-0.15, -0.1) is 0 Å². The molecule has 1 aliphatic carbocycles. The Morgan fingerprint density at radius 1 is 0.975 bits per heavy atom. The van der Waals surface area contributed by atoms with E-state index in [1.165, 1.54) is 53.4 Å². The molecular formula is C30H28F2N4O3S. The van der Waals surface area contributed by atoms with E-state index >= 15 is 0 Å². The molecule has 0 unspecified atom stereocenters. The van der Waals surface area contributed by atoms with Crippen molar-refractivity contribution < 1.29 is 23.1 Å². The predicted molar refractivity (Wildman–Crippen MR) is 151 cm³/mol. The smallest absolute Gasteiger partial charge is 0.273 e. The summed E-state index contributed by atoms with van der Waals surface area (Å²) in [5.74, 6) is -1.24. The normalized spacial score (nSPS) is 14.1. The van der Waals surface area contributed by atoms with Gasteiger partial charge in [0.1, 0.15) is 34.0 Å². The number of methoxy groups -OCH3 is 1. The maximum absolute atomic E-state index is 14.3. The highest BCUT2D eigenvalue weighted by Crippen LogP contribution is 2.37. The molecular weight excluding hydrogens is 534 g/mol. The number of carbonyl (C=O) groups excluding carboxylic acids is 2. The van der Waals surface area contributed by atoms with Crippen LogP contribution in [0.3, 0.4) is 0 Å². The van der Waals surface area contributed by atoms with Gasteiger partial charge in [0.05, 0.1) is 12.8 Å². The van der Waals surface area contributed by atoms with Crippen LogP contribution in [0.4, 0.5) is 20.2 Å². The van der Waals surface area contributed by atoms with Crippen LogP contribution >= 0.6 is 11.5 Å². The number of nitrogens with one attached hydrogen (secondary N) is 1. The summed E-state index contributed by atoms with van der Waals surface area (Å²) in [6.45, 7) is 0. The van der Waals surface area contributed by atoms with Gasteiger partial charge in [0, 0.05) is 17.3 Å². The minimum absolute atomic E-state index is 0.00280. The van der Waals surface area contributed by atoms with E-state index in [1.54, 1.807) is 31.4 Å². The van der Waals surface area contributed by atoms with Crippen LogP contribution in [-0.2, 0) is 4.79 Å². The van der Waals surface area contributed by atoms with Gasteiger partial charge in [0.25, 0.3) is 5.91 Å². The van der Waals surface area contributed by atoms with Crippen LogP contribution in [0.2, 0.25) is 0 Å². The third kappa shape index (κ3) is 5.67. The van der Waals surface area contributed by atoms with Gasteiger partial charge in [-0.1, -0.05) is 25.0 Å². The van der Waals surface area contributed by atoms with Gasteiger partial charge < -0.3 is 15.8 Å². The number of nitrogen functional groups attached to an aromatic ring is 1. The third-order valence-corrected chi connectivity index (χ3v) is 7.85. The topological polar surface area (TPSA) is 97.5 Å². The molecule has 0 aliphatic heterocycles. The van der Waals surface area contributed by atoms with E-state index in [4.69, 9.17) is 10.5 Å². The highest BCUT2D eigenvalue weighted by atomic mass is 32.1. The number of amides is 2. The lowest BCUT2D eigenvalue weighted by Gasteiger charge is -2.32. The number of hydrogen-bond donors (Lipinski definition) is 2. The molecule has 1 aromatic heterocycles. The summed E-state index contributed by atoms with van der Waals surface area (Å²) < 4.78 is 37.1. The molecule has 7 nitrogen and oxygen atoms in total. The maximum Gasteiger partial charge on any atom is 0.273 e. The second-order valence-corrected chi connectivity index (χ2v) is 10.4. The van der Waals surface area contributed by atoms with E-state index in [9.17, 15) is 18.4 Å². The van der Waals surface area contributed by atoms with Crippen LogP contribution in [0, 0.1) is 11.6 Å². The van der Waals surface area contributed by atoms with Crippen LogP contribution in [0.5, 0.6) is 5.75 Å². The van der Waals surface area contributed by atoms with Gasteiger partial charge in [0.2, 0.25) is 5.91 Å². The van der Waals surface area contributed by atoms with Crippen molar-refractivity contribution in [3.05, 3.63) is 94.9 Å². The van der Waals surface area contributed by atoms with E-state index in [0.717, 1.165) is 37.2 Å². The lowest BCUT2D eigenvalue weighted by atomic mass is 10.0. The first-order valence-corrected chi connectivity index (χ1v) is 13.7. The van der Waals surface area contributed by atoms with Gasteiger partial charge in [-0.2, -0.15) is 4.37 Å². The molecule has 1 atom stereocenters. The molecule has 40 heavy (non-hydrogen) atoms. The van der Waals surface area contributed by atoms with Gasteiger partial charge in [0.15, 0.2) is 0 Å². The fraction of sp³-hybridized carbons (Fsp3) is 0.233. The zero-order chi connectivity index (χ0) is 28.2. The van der Waals surface area contributed by atoms with E-state index in [2.05, 4.69) is 9.69 Å². The SMILES string of the molecule is COc1ccc([C@@H](C(=O)NC2CCCC2)N(C(=O)c2snc(-c3ccc(F)cc3)c2N)c2ccc(F)cc2)cc1. The third-order valence-electron chi connectivity index (χ3n) is 7.00. The van der Waals surface area contributed by atoms with Crippen molar-refractivity contribution in [2.45, 2.75) is 37.8 Å². The molecule has 0 spiro atoms. The van der Waals surface area contributed by atoms with Crippen molar-refractivity contribution in [1.29, 1.82) is 0 Å². The number of nitrogens with two attached hydrogens (primary N) is 1. The van der Waals surface area contributed by atoms with Gasteiger partial charge in [-0.25, -0.2) is 8.78 Å². The zero-order valence-corrected chi connectivity index (χ0v) is 22.6. The van der Waals surface area contributed by atoms with E-state index in [1.807, 2.05) is 0 Å². The molecule has 5 rings (SSSR count). The number of aromatic nitrogens is 1. The fourth-order valence-electron chi connectivity index (χ4n) is 4.92. The number of benzene rings is 3. The number of rotatable bonds is 8. The Labute approximate surface area is 234 Å². The molecule has 10 heteroatoms. The largest absolute Gasteiger partial charge is 0.497 e. The Kier molecular flexibility index (Phi) is 8.06. The van der Waals surface area contributed by atoms with Gasteiger partial charge in [-0.05, 0) is 90.6 Å². The van der Waals surface area contributed by atoms with E-state index < -0.39 is 23.6 Å². The Morgan fingerprint density at radius 2 is 1.57 bits per heavy atom. The first-order valence-electron chi connectivity index (χ1n) is 12.9. The molecule has 0 radical (unpaired) electrons. The van der Waals surface area contributed by atoms with Crippen LogP contribution < -0.4 is 20.7 Å². The number of halogens is 2. The van der Waals surface area contributed by atoms with Crippen LogP contribution in [0.15, 0.2) is 72.8 Å². The van der Waals surface area contributed by atoms with Crippen molar-refractivity contribution >= 4 is 34.7 Å². The first kappa shape index (κ1) is 27.3. The number of hydrogen-bond acceptors (Lipinski definition) is 6. The molecule has 1 fully saturated rings. The molecule has 3 N–H and O–H groups in total. The summed E-state index contributed by atoms with van der Waals surface area (Å²) in [5, 5.41) is 3.11. The highest BCUT2D eigenvalue weighted by Gasteiger charge is 2.36. The minimum atomic E-state index is -1.10. The molecule has 0 bridgehead atoms. The highest BCUT2D eigenvalue weighted by molar-refractivity contribution is 7.09. The second-order valence-electron chi connectivity index (χ2n) is 9.60. The first-order chi connectivity index (χ1) is 19.4. The summed E-state index contributed by atoms with van der Waals surface area (Å²) in [6.07, 6.45) is 3.74. The van der Waals surface area contributed by atoms with Crippen molar-refractivity contribution in [2.75, 3.05) is 17.7 Å². The molecule has 1 heterocycles. The lowest BCUT2D eigenvalue weighted by molar-refractivity contribution is -0.123. The summed E-state index contributed by atoms with van der Waals surface area (Å²) in [5.41, 5.74) is 8.27. The van der Waals surface area contributed by atoms with Crippen molar-refractivity contribution in [3.63, 3.8) is 0 Å². The quantitative estimate of drug-likeness (QED) is 0.269. The second kappa shape index (κ2) is 11.8. The number of carbonyl (C=O) groups is 2. The summed E-state index contributed by atoms with van der Waals surface area (Å²) >= 11 is 0.887. The van der Waals surface area contributed by atoms with E-state index in [-0.39, 0.29) is 22.5 Å². The molecule has 1 saturated carbocycles. The Hall–Kier alpha value is -4.31. The molecule has 0 saturated heterocycles. The number of nitrogens with zero attached hydrogens (tertiary/aromatic N) is 2. The summed E-state index contributed by atoms with van der Waals surface area (Å²) in [7, 11) is 1.54. The number of anilines is 2. The van der Waals surface area contributed by atoms with Crippen molar-refractivity contribution in [2.24, 2.45) is 0 Å². The Morgan fingerprint density at radius 3 is 2.17 bits per heavy atom. The molecule has 4 aromatic rings. The molecule has 2 amide bonds. The predicted octanol–water partition coefficient (Wildman–Crippen LogP) is 6.13. The average Bonchev–Trinajstić information content (AvgIpc) is 3.62. The molecule has 206 valence electrons. The standard InChI is InChI=1S/C30H28F2N4O3S/c1-39-24-16-8-19(9-17-24)27(29(37)34-22-4-2-3-5-22)36(23-14-12-21(32)13-15-23)30(38)28-25(33)26(35-40-28)18-6-10-20(31)11-7-18/h6-17,22,27H,2-5,33H2,1H3,(H,34,37)/t27-/m0/s1. The summed E-state index contributed by atoms with van der Waals surface area (Å²) in [4.78, 5) is 29.6. The minimum Gasteiger partial charge on any atom is -0.497 e. The summed E-state index contributed by atoms with van der Waals surface area (Å²) in [6, 6.07) is 16.8.